The normalized spacial score (nSPS) is 15.1. The summed E-state index contributed by atoms with van der Waals surface area (Å²) in [6, 6.07) is 15.3. The van der Waals surface area contributed by atoms with Crippen molar-refractivity contribution in [3.05, 3.63) is 59.7 Å². The lowest BCUT2D eigenvalue weighted by atomic mass is 9.89. The monoisotopic (exact) mass is 466 g/mol. The molecule has 0 fully saturated rings. The number of ether oxygens (including phenoxy) is 1. The van der Waals surface area contributed by atoms with Crippen molar-refractivity contribution >= 4 is 18.0 Å². The molecule has 0 spiro atoms. The van der Waals surface area contributed by atoms with Crippen LogP contribution in [0.4, 0.5) is 4.79 Å². The molecule has 34 heavy (non-hydrogen) atoms. The van der Waals surface area contributed by atoms with Crippen molar-refractivity contribution in [3.8, 4) is 11.1 Å². The molecule has 0 heterocycles. The maximum absolute atomic E-state index is 12.5. The number of aliphatic carboxylic acids is 1. The van der Waals surface area contributed by atoms with Gasteiger partial charge in [0.25, 0.3) is 0 Å². The zero-order valence-electron chi connectivity index (χ0n) is 20.2. The number of carbonyl (C=O) groups is 3. The van der Waals surface area contributed by atoms with Gasteiger partial charge in [0.15, 0.2) is 0 Å². The summed E-state index contributed by atoms with van der Waals surface area (Å²) in [5, 5.41) is 15.0. The molecule has 2 amide bonds. The molecule has 7 heteroatoms. The van der Waals surface area contributed by atoms with Crippen molar-refractivity contribution in [2.24, 2.45) is 11.8 Å². The van der Waals surface area contributed by atoms with Crippen LogP contribution in [0, 0.1) is 11.8 Å². The molecule has 1 aliphatic rings. The van der Waals surface area contributed by atoms with Gasteiger partial charge in [0.1, 0.15) is 6.61 Å². The average molecular weight is 467 g/mol. The van der Waals surface area contributed by atoms with Gasteiger partial charge in [0, 0.05) is 24.4 Å². The van der Waals surface area contributed by atoms with Crippen LogP contribution in [0.5, 0.6) is 0 Å². The van der Waals surface area contributed by atoms with Gasteiger partial charge < -0.3 is 20.5 Å². The molecule has 3 N–H and O–H groups in total. The minimum atomic E-state index is -0.938. The fourth-order valence-electron chi connectivity index (χ4n) is 4.81. The maximum atomic E-state index is 12.5. The van der Waals surface area contributed by atoms with E-state index in [1.807, 2.05) is 45.0 Å². The standard InChI is InChI=1S/C27H34N2O5/c1-5-18(14-24(30)28-17(4)25(16(2)3)26(31)32)29-27(33)34-15-23-21-12-8-6-10-19(21)20-11-7-9-13-22(20)23/h6-13,16-18,23,25H,5,14-15H2,1-4H3,(H,28,30)(H,29,33)(H,31,32). The molecule has 3 unspecified atom stereocenters. The predicted octanol–water partition coefficient (Wildman–Crippen LogP) is 4.56. The molecule has 0 aromatic heterocycles. The summed E-state index contributed by atoms with van der Waals surface area (Å²) in [5.41, 5.74) is 4.58. The Morgan fingerprint density at radius 3 is 2.00 bits per heavy atom. The highest BCUT2D eigenvalue weighted by Gasteiger charge is 2.31. The van der Waals surface area contributed by atoms with E-state index < -0.39 is 30.1 Å². The minimum Gasteiger partial charge on any atom is -0.481 e. The number of benzene rings is 2. The number of nitrogens with one attached hydrogen (secondary N) is 2. The van der Waals surface area contributed by atoms with Gasteiger partial charge in [-0.15, -0.1) is 0 Å². The highest BCUT2D eigenvalue weighted by molar-refractivity contribution is 5.80. The van der Waals surface area contributed by atoms with Crippen LogP contribution in [0.15, 0.2) is 48.5 Å². The van der Waals surface area contributed by atoms with E-state index in [1.54, 1.807) is 6.92 Å². The maximum Gasteiger partial charge on any atom is 0.407 e. The minimum absolute atomic E-state index is 0.0358. The van der Waals surface area contributed by atoms with Crippen molar-refractivity contribution in [1.29, 1.82) is 0 Å². The second-order valence-electron chi connectivity index (χ2n) is 9.24. The first-order valence-electron chi connectivity index (χ1n) is 11.9. The Balaban J connectivity index is 1.55. The van der Waals surface area contributed by atoms with Crippen LogP contribution in [-0.4, -0.2) is 41.8 Å². The summed E-state index contributed by atoms with van der Waals surface area (Å²) in [5.74, 6) is -2.07. The van der Waals surface area contributed by atoms with Crippen molar-refractivity contribution < 1.29 is 24.2 Å². The van der Waals surface area contributed by atoms with Crippen molar-refractivity contribution in [2.45, 2.75) is 58.5 Å². The fraction of sp³-hybridized carbons (Fsp3) is 0.444. The molecule has 0 bridgehead atoms. The summed E-state index contributed by atoms with van der Waals surface area (Å²) in [4.78, 5) is 36.5. The Kier molecular flexibility index (Phi) is 8.31. The summed E-state index contributed by atoms with van der Waals surface area (Å²) in [6.45, 7) is 7.40. The van der Waals surface area contributed by atoms with Crippen molar-refractivity contribution in [3.63, 3.8) is 0 Å². The van der Waals surface area contributed by atoms with Crippen LogP contribution in [-0.2, 0) is 14.3 Å². The summed E-state index contributed by atoms with van der Waals surface area (Å²) < 4.78 is 5.58. The molecule has 3 rings (SSSR count). The van der Waals surface area contributed by atoms with Crippen molar-refractivity contribution in [1.82, 2.24) is 10.6 Å². The smallest absolute Gasteiger partial charge is 0.407 e. The largest absolute Gasteiger partial charge is 0.481 e. The highest BCUT2D eigenvalue weighted by Crippen LogP contribution is 2.44. The molecule has 2 aromatic rings. The van der Waals surface area contributed by atoms with E-state index in [4.69, 9.17) is 4.74 Å². The van der Waals surface area contributed by atoms with Gasteiger partial charge in [0.2, 0.25) is 5.91 Å². The molecule has 0 aliphatic heterocycles. The number of hydrogen-bond donors (Lipinski definition) is 3. The molecule has 3 atom stereocenters. The van der Waals surface area contributed by atoms with Gasteiger partial charge in [-0.1, -0.05) is 69.3 Å². The first-order valence-corrected chi connectivity index (χ1v) is 11.9. The van der Waals surface area contributed by atoms with Gasteiger partial charge in [-0.05, 0) is 41.5 Å². The van der Waals surface area contributed by atoms with E-state index >= 15 is 0 Å². The number of carbonyl (C=O) groups excluding carboxylic acids is 2. The average Bonchev–Trinajstić information content (AvgIpc) is 3.10. The van der Waals surface area contributed by atoms with Gasteiger partial charge in [-0.3, -0.25) is 9.59 Å². The lowest BCUT2D eigenvalue weighted by Gasteiger charge is -2.25. The second kappa shape index (κ2) is 11.2. The third-order valence-electron chi connectivity index (χ3n) is 6.52. The molecule has 2 aromatic carbocycles. The predicted molar refractivity (Wildman–Crippen MR) is 130 cm³/mol. The van der Waals surface area contributed by atoms with Crippen LogP contribution in [0.25, 0.3) is 11.1 Å². The molecule has 7 nitrogen and oxygen atoms in total. The van der Waals surface area contributed by atoms with E-state index in [1.165, 1.54) is 0 Å². The zero-order chi connectivity index (χ0) is 24.8. The molecule has 182 valence electrons. The van der Waals surface area contributed by atoms with Crippen LogP contribution in [0.3, 0.4) is 0 Å². The zero-order valence-corrected chi connectivity index (χ0v) is 20.2. The fourth-order valence-corrected chi connectivity index (χ4v) is 4.81. The second-order valence-corrected chi connectivity index (χ2v) is 9.24. The number of hydrogen-bond acceptors (Lipinski definition) is 4. The van der Waals surface area contributed by atoms with Gasteiger partial charge in [0.05, 0.1) is 5.92 Å². The van der Waals surface area contributed by atoms with E-state index in [-0.39, 0.29) is 30.8 Å². The summed E-state index contributed by atoms with van der Waals surface area (Å²) in [7, 11) is 0. The third kappa shape index (κ3) is 5.76. The number of carboxylic acids is 1. The third-order valence-corrected chi connectivity index (χ3v) is 6.52. The van der Waals surface area contributed by atoms with Crippen molar-refractivity contribution in [2.75, 3.05) is 6.61 Å². The quantitative estimate of drug-likeness (QED) is 0.476. The van der Waals surface area contributed by atoms with Gasteiger partial charge in [-0.2, -0.15) is 0 Å². The van der Waals surface area contributed by atoms with Crippen LogP contribution < -0.4 is 10.6 Å². The molecule has 0 radical (unpaired) electrons. The first-order chi connectivity index (χ1) is 16.2. The van der Waals surface area contributed by atoms with Crippen LogP contribution in [0.1, 0.15) is 57.6 Å². The Hall–Kier alpha value is -3.35. The number of rotatable bonds is 10. The Morgan fingerprint density at radius 2 is 1.50 bits per heavy atom. The van der Waals surface area contributed by atoms with Gasteiger partial charge >= 0.3 is 12.1 Å². The topological polar surface area (TPSA) is 105 Å². The number of fused-ring (bicyclic) bond motifs is 3. The Morgan fingerprint density at radius 1 is 0.941 bits per heavy atom. The SMILES string of the molecule is CCC(CC(=O)NC(C)C(C(=O)O)C(C)C)NC(=O)OCC1c2ccccc2-c2ccccc21. The van der Waals surface area contributed by atoms with E-state index in [0.717, 1.165) is 22.3 Å². The lowest BCUT2D eigenvalue weighted by molar-refractivity contribution is -0.144. The Labute approximate surface area is 200 Å². The van der Waals surface area contributed by atoms with E-state index in [0.29, 0.717) is 6.42 Å². The molecule has 0 saturated heterocycles. The Bertz CT molecular complexity index is 990. The van der Waals surface area contributed by atoms with Crippen LogP contribution >= 0.6 is 0 Å². The number of carboxylic acid groups (broad SMARTS) is 1. The van der Waals surface area contributed by atoms with Crippen LogP contribution in [0.2, 0.25) is 0 Å². The summed E-state index contributed by atoms with van der Waals surface area (Å²) in [6.07, 6.45) is 0.0220. The first kappa shape index (κ1) is 25.3. The van der Waals surface area contributed by atoms with E-state index in [2.05, 4.69) is 34.9 Å². The lowest BCUT2D eigenvalue weighted by Crippen LogP contribution is -2.46. The molecule has 1 aliphatic carbocycles. The molecular weight excluding hydrogens is 432 g/mol. The molecule has 0 saturated carbocycles. The number of amides is 2. The van der Waals surface area contributed by atoms with Gasteiger partial charge in [-0.25, -0.2) is 4.79 Å². The number of alkyl carbamates (subject to hydrolysis) is 1. The highest BCUT2D eigenvalue weighted by atomic mass is 16.5. The summed E-state index contributed by atoms with van der Waals surface area (Å²) >= 11 is 0. The van der Waals surface area contributed by atoms with E-state index in [9.17, 15) is 19.5 Å². The molecular formula is C27H34N2O5.